The van der Waals surface area contributed by atoms with Crippen molar-refractivity contribution < 1.29 is 18.3 Å². The summed E-state index contributed by atoms with van der Waals surface area (Å²) in [6.07, 6.45) is 3.51. The van der Waals surface area contributed by atoms with Crippen LogP contribution < -0.4 is 15.1 Å². The van der Waals surface area contributed by atoms with Crippen LogP contribution in [0.25, 0.3) is 10.9 Å². The third-order valence-electron chi connectivity index (χ3n) is 5.90. The van der Waals surface area contributed by atoms with Crippen molar-refractivity contribution in [2.45, 2.75) is 6.92 Å². The molecule has 2 aliphatic rings. The van der Waals surface area contributed by atoms with Crippen molar-refractivity contribution in [1.29, 1.82) is 0 Å². The molecule has 7 nitrogen and oxygen atoms in total. The van der Waals surface area contributed by atoms with Crippen LogP contribution in [0.1, 0.15) is 5.56 Å². The van der Waals surface area contributed by atoms with Crippen LogP contribution >= 0.6 is 0 Å². The van der Waals surface area contributed by atoms with Gasteiger partial charge in [0, 0.05) is 43.9 Å². The average Bonchev–Trinajstić information content (AvgIpc) is 2.82. The maximum absolute atomic E-state index is 14.9. The van der Waals surface area contributed by atoms with Gasteiger partial charge in [0.15, 0.2) is 0 Å². The minimum Gasteiger partial charge on any atom is -0.378 e. The quantitative estimate of drug-likeness (QED) is 0.663. The molecule has 0 amide bonds. The van der Waals surface area contributed by atoms with Gasteiger partial charge >= 0.3 is 0 Å². The standard InChI is InChI=1S/C23H25F2N5O2/c1-15-22(27-17-12-18(14-26-13-17)29-2-6-31-7-3-29)21-19(25)10-16(24)11-20(21)28-23(15)30-4-8-32-9-5-30/h10-14H,2-9H2,1H3,(H,27,28). The Balaban J connectivity index is 1.58. The Morgan fingerprint density at radius 2 is 1.59 bits per heavy atom. The van der Waals surface area contributed by atoms with E-state index in [2.05, 4.69) is 25.1 Å². The molecule has 32 heavy (non-hydrogen) atoms. The van der Waals surface area contributed by atoms with E-state index in [0.717, 1.165) is 36.1 Å². The molecule has 0 spiro atoms. The molecule has 9 heteroatoms. The smallest absolute Gasteiger partial charge is 0.137 e. The van der Waals surface area contributed by atoms with Crippen molar-refractivity contribution in [1.82, 2.24) is 9.97 Å². The number of morpholine rings is 2. The molecule has 0 bridgehead atoms. The summed E-state index contributed by atoms with van der Waals surface area (Å²) in [6.45, 7) is 7.35. The minimum absolute atomic E-state index is 0.262. The zero-order valence-corrected chi connectivity index (χ0v) is 17.9. The van der Waals surface area contributed by atoms with Crippen LogP contribution in [0.15, 0.2) is 30.6 Å². The lowest BCUT2D eigenvalue weighted by molar-refractivity contribution is 0.122. The molecule has 1 aromatic carbocycles. The summed E-state index contributed by atoms with van der Waals surface area (Å²) in [5.74, 6) is -0.601. The van der Waals surface area contributed by atoms with E-state index in [0.29, 0.717) is 51.0 Å². The van der Waals surface area contributed by atoms with Gasteiger partial charge in [-0.25, -0.2) is 13.8 Å². The molecule has 4 heterocycles. The minimum atomic E-state index is -0.652. The molecule has 5 rings (SSSR count). The maximum atomic E-state index is 14.9. The van der Waals surface area contributed by atoms with Crippen molar-refractivity contribution in [2.24, 2.45) is 0 Å². The molecule has 0 unspecified atom stereocenters. The molecule has 0 radical (unpaired) electrons. The monoisotopic (exact) mass is 441 g/mol. The molecule has 0 saturated carbocycles. The zero-order valence-electron chi connectivity index (χ0n) is 17.9. The molecular formula is C23H25F2N5O2. The zero-order chi connectivity index (χ0) is 22.1. The Hall–Kier alpha value is -3.04. The number of halogens is 2. The Morgan fingerprint density at radius 3 is 2.31 bits per heavy atom. The highest BCUT2D eigenvalue weighted by molar-refractivity contribution is 5.97. The van der Waals surface area contributed by atoms with Gasteiger partial charge in [-0.15, -0.1) is 0 Å². The molecule has 0 aliphatic carbocycles. The van der Waals surface area contributed by atoms with Crippen molar-refractivity contribution in [2.75, 3.05) is 67.7 Å². The average molecular weight is 441 g/mol. The van der Waals surface area contributed by atoms with Gasteiger partial charge in [0.2, 0.25) is 0 Å². The van der Waals surface area contributed by atoms with Crippen molar-refractivity contribution in [3.8, 4) is 0 Å². The lowest BCUT2D eigenvalue weighted by Crippen LogP contribution is -2.37. The highest BCUT2D eigenvalue weighted by atomic mass is 19.1. The number of benzene rings is 1. The number of pyridine rings is 2. The topological polar surface area (TPSA) is 62.8 Å². The summed E-state index contributed by atoms with van der Waals surface area (Å²) in [6, 6.07) is 4.15. The molecule has 2 aromatic heterocycles. The van der Waals surface area contributed by atoms with Crippen molar-refractivity contribution in [3.63, 3.8) is 0 Å². The number of hydrogen-bond donors (Lipinski definition) is 1. The number of fused-ring (bicyclic) bond motifs is 1. The normalized spacial score (nSPS) is 17.1. The molecule has 3 aromatic rings. The molecule has 2 fully saturated rings. The lowest BCUT2D eigenvalue weighted by Gasteiger charge is -2.30. The van der Waals surface area contributed by atoms with Crippen molar-refractivity contribution in [3.05, 3.63) is 47.8 Å². The molecule has 1 N–H and O–H groups in total. The number of hydrogen-bond acceptors (Lipinski definition) is 7. The van der Waals surface area contributed by atoms with Crippen molar-refractivity contribution >= 4 is 33.8 Å². The Kier molecular flexibility index (Phi) is 5.75. The second-order valence-corrected chi connectivity index (χ2v) is 7.97. The fourth-order valence-electron chi connectivity index (χ4n) is 4.27. The van der Waals surface area contributed by atoms with E-state index in [-0.39, 0.29) is 10.9 Å². The van der Waals surface area contributed by atoms with Crippen LogP contribution in [0, 0.1) is 18.6 Å². The fourth-order valence-corrected chi connectivity index (χ4v) is 4.27. The van der Waals surface area contributed by atoms with Gasteiger partial charge in [-0.2, -0.15) is 0 Å². The van der Waals surface area contributed by atoms with Gasteiger partial charge < -0.3 is 24.6 Å². The fraction of sp³-hybridized carbons (Fsp3) is 0.391. The van der Waals surface area contributed by atoms with E-state index >= 15 is 0 Å². The number of nitrogens with zero attached hydrogens (tertiary/aromatic N) is 4. The van der Waals surface area contributed by atoms with E-state index in [1.54, 1.807) is 6.20 Å². The predicted molar refractivity (Wildman–Crippen MR) is 120 cm³/mol. The van der Waals surface area contributed by atoms with Gasteiger partial charge in [0.05, 0.1) is 66.8 Å². The first-order chi connectivity index (χ1) is 15.6. The highest BCUT2D eigenvalue weighted by Gasteiger charge is 2.22. The number of anilines is 4. The van der Waals surface area contributed by atoms with Crippen LogP contribution in [0.4, 0.5) is 31.7 Å². The number of nitrogens with one attached hydrogen (secondary N) is 1. The van der Waals surface area contributed by atoms with Crippen LogP contribution in [0.3, 0.4) is 0 Å². The molecule has 0 atom stereocenters. The summed E-state index contributed by atoms with van der Waals surface area (Å²) in [4.78, 5) is 13.3. The SMILES string of the molecule is Cc1c(N2CCOCC2)nc2cc(F)cc(F)c2c1Nc1cncc(N2CCOCC2)c1. The van der Waals surface area contributed by atoms with Gasteiger partial charge in [-0.1, -0.05) is 0 Å². The summed E-state index contributed by atoms with van der Waals surface area (Å²) in [7, 11) is 0. The van der Waals surface area contributed by atoms with Gasteiger partial charge in [0.25, 0.3) is 0 Å². The number of rotatable bonds is 4. The number of aromatic nitrogens is 2. The van der Waals surface area contributed by atoms with Gasteiger partial charge in [-0.05, 0) is 13.0 Å². The molecule has 2 saturated heterocycles. The Morgan fingerprint density at radius 1 is 0.906 bits per heavy atom. The van der Waals surface area contributed by atoms with Crippen LogP contribution in [-0.2, 0) is 9.47 Å². The Bertz CT molecular complexity index is 1130. The van der Waals surface area contributed by atoms with E-state index < -0.39 is 11.6 Å². The maximum Gasteiger partial charge on any atom is 0.137 e. The summed E-state index contributed by atoms with van der Waals surface area (Å²) in [5.41, 5.74) is 3.32. The predicted octanol–water partition coefficient (Wildman–Crippen LogP) is 3.63. The molecule has 168 valence electrons. The summed E-state index contributed by atoms with van der Waals surface area (Å²) >= 11 is 0. The third kappa shape index (κ3) is 4.05. The van der Waals surface area contributed by atoms with Crippen LogP contribution in [0.5, 0.6) is 0 Å². The third-order valence-corrected chi connectivity index (χ3v) is 5.90. The van der Waals surface area contributed by atoms with Gasteiger partial charge in [0.1, 0.15) is 17.5 Å². The first-order valence-corrected chi connectivity index (χ1v) is 10.8. The van der Waals surface area contributed by atoms with E-state index in [1.165, 1.54) is 6.07 Å². The number of ether oxygens (including phenoxy) is 2. The first kappa shape index (κ1) is 20.8. The molecule has 2 aliphatic heterocycles. The van der Waals surface area contributed by atoms with Crippen LogP contribution in [-0.4, -0.2) is 62.6 Å². The van der Waals surface area contributed by atoms with E-state index in [4.69, 9.17) is 9.47 Å². The van der Waals surface area contributed by atoms with E-state index in [1.807, 2.05) is 19.2 Å². The highest BCUT2D eigenvalue weighted by Crippen LogP contribution is 2.37. The van der Waals surface area contributed by atoms with Crippen LogP contribution in [0.2, 0.25) is 0 Å². The van der Waals surface area contributed by atoms with Gasteiger partial charge in [-0.3, -0.25) is 4.98 Å². The molecular weight excluding hydrogens is 416 g/mol. The van der Waals surface area contributed by atoms with E-state index in [9.17, 15) is 8.78 Å². The Labute approximate surface area is 185 Å². The second-order valence-electron chi connectivity index (χ2n) is 7.97. The summed E-state index contributed by atoms with van der Waals surface area (Å²) < 4.78 is 39.9. The largest absolute Gasteiger partial charge is 0.378 e. The second kappa shape index (κ2) is 8.84. The summed E-state index contributed by atoms with van der Waals surface area (Å²) in [5, 5.41) is 3.62. The first-order valence-electron chi connectivity index (χ1n) is 10.8. The lowest BCUT2D eigenvalue weighted by atomic mass is 10.1.